The maximum atomic E-state index is 12.8. The maximum absolute atomic E-state index is 12.8. The zero-order valence-corrected chi connectivity index (χ0v) is 10.9. The van der Waals surface area contributed by atoms with E-state index in [0.717, 1.165) is 24.3 Å². The van der Waals surface area contributed by atoms with Gasteiger partial charge in [0.25, 0.3) is 0 Å². The first-order valence-electron chi connectivity index (χ1n) is 6.32. The van der Waals surface area contributed by atoms with Crippen LogP contribution in [0.15, 0.2) is 24.3 Å². The molecule has 0 aliphatic carbocycles. The lowest BCUT2D eigenvalue weighted by Crippen LogP contribution is -2.27. The normalized spacial score (nSPS) is 19.2. The maximum Gasteiger partial charge on any atom is 0.123 e. The summed E-state index contributed by atoms with van der Waals surface area (Å²) in [4.78, 5) is 0. The lowest BCUT2D eigenvalue weighted by atomic mass is 9.92. The number of hydrogen-bond acceptors (Lipinski definition) is 2. The molecule has 2 rings (SSSR count). The standard InChI is InChI=1S/C14H20FNS/c15-13-3-1-11(2-4-13)9-14(16)10-12-5-7-17-8-6-12/h1-4,12,14H,5-10,16H2. The highest BCUT2D eigenvalue weighted by atomic mass is 32.2. The molecular formula is C14H20FNS. The van der Waals surface area contributed by atoms with Crippen LogP contribution in [0.4, 0.5) is 4.39 Å². The number of rotatable bonds is 4. The fourth-order valence-corrected chi connectivity index (χ4v) is 3.62. The summed E-state index contributed by atoms with van der Waals surface area (Å²) in [6.07, 6.45) is 4.59. The van der Waals surface area contributed by atoms with Crippen LogP contribution in [0.1, 0.15) is 24.8 Å². The Morgan fingerprint density at radius 1 is 1.24 bits per heavy atom. The molecule has 17 heavy (non-hydrogen) atoms. The molecule has 3 heteroatoms. The molecule has 1 aliphatic rings. The zero-order valence-electron chi connectivity index (χ0n) is 10.1. The van der Waals surface area contributed by atoms with E-state index in [1.165, 1.54) is 36.5 Å². The van der Waals surface area contributed by atoms with Crippen molar-refractivity contribution in [2.75, 3.05) is 11.5 Å². The van der Waals surface area contributed by atoms with Crippen molar-refractivity contribution < 1.29 is 4.39 Å². The average molecular weight is 253 g/mol. The van der Waals surface area contributed by atoms with E-state index >= 15 is 0 Å². The van der Waals surface area contributed by atoms with Crippen LogP contribution >= 0.6 is 11.8 Å². The third-order valence-corrected chi connectivity index (χ3v) is 4.44. The van der Waals surface area contributed by atoms with Gasteiger partial charge in [0.1, 0.15) is 5.82 Å². The molecule has 1 atom stereocenters. The van der Waals surface area contributed by atoms with Crippen LogP contribution in [0.25, 0.3) is 0 Å². The fraction of sp³-hybridized carbons (Fsp3) is 0.571. The molecule has 1 saturated heterocycles. The van der Waals surface area contributed by atoms with Crippen LogP contribution in [0, 0.1) is 11.7 Å². The minimum absolute atomic E-state index is 0.174. The highest BCUT2D eigenvalue weighted by molar-refractivity contribution is 7.99. The number of hydrogen-bond donors (Lipinski definition) is 1. The Morgan fingerprint density at radius 3 is 2.53 bits per heavy atom. The van der Waals surface area contributed by atoms with Gasteiger partial charge in [-0.05, 0) is 60.8 Å². The minimum atomic E-state index is -0.174. The minimum Gasteiger partial charge on any atom is -0.327 e. The lowest BCUT2D eigenvalue weighted by Gasteiger charge is -2.24. The Balaban J connectivity index is 1.79. The molecule has 0 radical (unpaired) electrons. The zero-order chi connectivity index (χ0) is 12.1. The summed E-state index contributed by atoms with van der Waals surface area (Å²) >= 11 is 2.05. The molecule has 1 aliphatic heterocycles. The molecule has 0 aromatic heterocycles. The Labute approximate surface area is 107 Å². The molecule has 2 N–H and O–H groups in total. The first-order chi connectivity index (χ1) is 8.24. The average Bonchev–Trinajstić information content (AvgIpc) is 2.33. The topological polar surface area (TPSA) is 26.0 Å². The third-order valence-electron chi connectivity index (χ3n) is 3.39. The van der Waals surface area contributed by atoms with E-state index in [4.69, 9.17) is 5.73 Å². The molecular weight excluding hydrogens is 233 g/mol. The van der Waals surface area contributed by atoms with Gasteiger partial charge in [-0.25, -0.2) is 4.39 Å². The summed E-state index contributed by atoms with van der Waals surface area (Å²) in [5.41, 5.74) is 7.32. The molecule has 0 spiro atoms. The van der Waals surface area contributed by atoms with Crippen molar-refractivity contribution in [3.05, 3.63) is 35.6 Å². The summed E-state index contributed by atoms with van der Waals surface area (Å²) in [5.74, 6) is 3.19. The predicted molar refractivity (Wildman–Crippen MR) is 72.7 cm³/mol. The number of thioether (sulfide) groups is 1. The van der Waals surface area contributed by atoms with Crippen molar-refractivity contribution in [2.45, 2.75) is 31.7 Å². The number of benzene rings is 1. The largest absolute Gasteiger partial charge is 0.327 e. The van der Waals surface area contributed by atoms with E-state index in [9.17, 15) is 4.39 Å². The van der Waals surface area contributed by atoms with E-state index in [2.05, 4.69) is 0 Å². The van der Waals surface area contributed by atoms with Crippen LogP contribution in [0.3, 0.4) is 0 Å². The molecule has 94 valence electrons. The summed E-state index contributed by atoms with van der Waals surface area (Å²) < 4.78 is 12.8. The Kier molecular flexibility index (Phi) is 4.86. The summed E-state index contributed by atoms with van der Waals surface area (Å²) in [6, 6.07) is 6.92. The summed E-state index contributed by atoms with van der Waals surface area (Å²) in [5, 5.41) is 0. The fourth-order valence-electron chi connectivity index (χ4n) is 2.42. The highest BCUT2D eigenvalue weighted by Gasteiger charge is 2.17. The quantitative estimate of drug-likeness (QED) is 0.891. The Morgan fingerprint density at radius 2 is 1.88 bits per heavy atom. The van der Waals surface area contributed by atoms with Crippen molar-refractivity contribution in [3.8, 4) is 0 Å². The second-order valence-corrected chi connectivity index (χ2v) is 6.11. The SMILES string of the molecule is NC(Cc1ccc(F)cc1)CC1CCSCC1. The molecule has 0 amide bonds. The smallest absolute Gasteiger partial charge is 0.123 e. The van der Waals surface area contributed by atoms with Gasteiger partial charge in [0.05, 0.1) is 0 Å². The molecule has 1 unspecified atom stereocenters. The third kappa shape index (κ3) is 4.32. The second kappa shape index (κ2) is 6.41. The van der Waals surface area contributed by atoms with Crippen LogP contribution < -0.4 is 5.73 Å². The van der Waals surface area contributed by atoms with E-state index in [1.807, 2.05) is 23.9 Å². The predicted octanol–water partition coefficient (Wildman–Crippen LogP) is 3.23. The summed E-state index contributed by atoms with van der Waals surface area (Å²) in [7, 11) is 0. The molecule has 1 fully saturated rings. The first kappa shape index (κ1) is 12.9. The first-order valence-corrected chi connectivity index (χ1v) is 7.47. The Bertz CT molecular complexity index is 333. The van der Waals surface area contributed by atoms with Gasteiger partial charge < -0.3 is 5.73 Å². The van der Waals surface area contributed by atoms with Crippen molar-refractivity contribution >= 4 is 11.8 Å². The van der Waals surface area contributed by atoms with Crippen molar-refractivity contribution in [2.24, 2.45) is 11.7 Å². The van der Waals surface area contributed by atoms with Gasteiger partial charge in [-0.3, -0.25) is 0 Å². The van der Waals surface area contributed by atoms with Gasteiger partial charge in [0, 0.05) is 6.04 Å². The van der Waals surface area contributed by atoms with E-state index in [1.54, 1.807) is 0 Å². The Hall–Kier alpha value is -0.540. The monoisotopic (exact) mass is 253 g/mol. The van der Waals surface area contributed by atoms with Crippen molar-refractivity contribution in [1.29, 1.82) is 0 Å². The molecule has 1 aromatic carbocycles. The van der Waals surface area contributed by atoms with Gasteiger partial charge in [0.2, 0.25) is 0 Å². The van der Waals surface area contributed by atoms with Gasteiger partial charge in [0.15, 0.2) is 0 Å². The van der Waals surface area contributed by atoms with Crippen LogP contribution in [-0.4, -0.2) is 17.5 Å². The molecule has 0 bridgehead atoms. The summed E-state index contributed by atoms with van der Waals surface area (Å²) in [6.45, 7) is 0. The van der Waals surface area contributed by atoms with Gasteiger partial charge in [-0.1, -0.05) is 12.1 Å². The number of halogens is 1. The van der Waals surface area contributed by atoms with Crippen molar-refractivity contribution in [1.82, 2.24) is 0 Å². The van der Waals surface area contributed by atoms with Gasteiger partial charge in [-0.15, -0.1) is 0 Å². The molecule has 1 aromatic rings. The van der Waals surface area contributed by atoms with Gasteiger partial charge in [-0.2, -0.15) is 11.8 Å². The lowest BCUT2D eigenvalue weighted by molar-refractivity contribution is 0.406. The van der Waals surface area contributed by atoms with Gasteiger partial charge >= 0.3 is 0 Å². The van der Waals surface area contributed by atoms with E-state index in [-0.39, 0.29) is 11.9 Å². The van der Waals surface area contributed by atoms with E-state index < -0.39 is 0 Å². The molecule has 1 heterocycles. The van der Waals surface area contributed by atoms with E-state index in [0.29, 0.717) is 0 Å². The van der Waals surface area contributed by atoms with Crippen molar-refractivity contribution in [3.63, 3.8) is 0 Å². The van der Waals surface area contributed by atoms with Crippen LogP contribution in [0.2, 0.25) is 0 Å². The highest BCUT2D eigenvalue weighted by Crippen LogP contribution is 2.26. The number of nitrogens with two attached hydrogens (primary N) is 1. The van der Waals surface area contributed by atoms with Crippen LogP contribution in [0.5, 0.6) is 0 Å². The molecule has 0 saturated carbocycles. The van der Waals surface area contributed by atoms with Crippen LogP contribution in [-0.2, 0) is 6.42 Å². The second-order valence-electron chi connectivity index (χ2n) is 4.88. The molecule has 1 nitrogen and oxygen atoms in total.